The van der Waals surface area contributed by atoms with Gasteiger partial charge < -0.3 is 9.84 Å². The summed E-state index contributed by atoms with van der Waals surface area (Å²) in [4.78, 5) is 51.5. The monoisotopic (exact) mass is 511 g/mol. The molecule has 2 rings (SSSR count). The van der Waals surface area contributed by atoms with E-state index in [0.29, 0.717) is 11.4 Å². The first-order valence-corrected chi connectivity index (χ1v) is 11.3. The van der Waals surface area contributed by atoms with Gasteiger partial charge in [-0.2, -0.15) is 0 Å². The molecule has 2 aromatic rings. The number of carbonyl (C=O) groups excluding carboxylic acids is 3. The smallest absolute Gasteiger partial charge is 0.396 e. The molecule has 0 spiro atoms. The molecule has 0 aliphatic rings. The number of urea groups is 1. The van der Waals surface area contributed by atoms with Gasteiger partial charge in [-0.15, -0.1) is 0 Å². The predicted octanol–water partition coefficient (Wildman–Crippen LogP) is 1.09. The van der Waals surface area contributed by atoms with Gasteiger partial charge in [-0.05, 0) is 45.9 Å². The molecule has 1 aromatic carbocycles. The minimum atomic E-state index is -4.30. The highest BCUT2D eigenvalue weighted by molar-refractivity contribution is 7.90. The van der Waals surface area contributed by atoms with Gasteiger partial charge in [-0.1, -0.05) is 12.1 Å². The number of aryl methyl sites for hydroxylation is 2. The van der Waals surface area contributed by atoms with Crippen LogP contribution in [0.3, 0.4) is 0 Å². The number of amides is 3. The maximum Gasteiger partial charge on any atom is 0.396 e. The fraction of sp³-hybridized carbons (Fsp3) is 0.300. The molecule has 0 atom stereocenters. The van der Waals surface area contributed by atoms with Crippen molar-refractivity contribution in [3.05, 3.63) is 47.3 Å². The van der Waals surface area contributed by atoms with Gasteiger partial charge in [-0.3, -0.25) is 15.3 Å². The lowest BCUT2D eigenvalue weighted by atomic mass is 10.2. The van der Waals surface area contributed by atoms with E-state index in [4.69, 9.17) is 10.3 Å². The number of hydroxylamine groups is 2. The van der Waals surface area contributed by atoms with Crippen molar-refractivity contribution in [1.29, 1.82) is 0 Å². The average molecular weight is 512 g/mol. The highest BCUT2D eigenvalue weighted by Crippen LogP contribution is 2.16. The summed E-state index contributed by atoms with van der Waals surface area (Å²) >= 11 is 0. The first-order chi connectivity index (χ1) is 16.2. The Kier molecular flexibility index (Phi) is 10.2. The molecular weight excluding hydrogens is 486 g/mol. The zero-order chi connectivity index (χ0) is 26.9. The van der Waals surface area contributed by atoms with E-state index in [2.05, 4.69) is 20.0 Å². The van der Waals surface area contributed by atoms with Crippen LogP contribution in [0.1, 0.15) is 35.6 Å². The van der Waals surface area contributed by atoms with Gasteiger partial charge in [0.1, 0.15) is 4.90 Å². The Morgan fingerprint density at radius 2 is 1.60 bits per heavy atom. The molecule has 4 N–H and O–H groups in total. The van der Waals surface area contributed by atoms with Crippen LogP contribution < -0.4 is 10.0 Å². The highest BCUT2D eigenvalue weighted by atomic mass is 32.2. The molecule has 0 saturated carbocycles. The topological polar surface area (TPSA) is 205 Å². The molecule has 0 bridgehead atoms. The van der Waals surface area contributed by atoms with Gasteiger partial charge in [0.2, 0.25) is 5.95 Å². The van der Waals surface area contributed by atoms with E-state index in [1.54, 1.807) is 19.9 Å². The molecule has 0 aliphatic carbocycles. The second-order valence-electron chi connectivity index (χ2n) is 7.07. The van der Waals surface area contributed by atoms with E-state index in [9.17, 15) is 27.6 Å². The number of hydrogen-bond donors (Lipinski definition) is 4. The Bertz CT molecular complexity index is 1190. The molecule has 0 saturated heterocycles. The summed E-state index contributed by atoms with van der Waals surface area (Å²) in [5.74, 6) is -3.84. The van der Waals surface area contributed by atoms with Crippen molar-refractivity contribution >= 4 is 39.8 Å². The minimum Gasteiger partial charge on any atom is -0.474 e. The van der Waals surface area contributed by atoms with Gasteiger partial charge in [0.15, 0.2) is 0 Å². The number of aromatic nitrogens is 2. The third-order valence-electron chi connectivity index (χ3n) is 3.90. The Labute approximate surface area is 201 Å². The van der Waals surface area contributed by atoms with Gasteiger partial charge >= 0.3 is 23.9 Å². The second-order valence-corrected chi connectivity index (χ2v) is 8.72. The van der Waals surface area contributed by atoms with Crippen LogP contribution in [0.5, 0.6) is 0 Å². The summed E-state index contributed by atoms with van der Waals surface area (Å²) in [5.41, 5.74) is 1.04. The lowest BCUT2D eigenvalue weighted by molar-refractivity contribution is -0.183. The molecule has 1 aromatic heterocycles. The summed E-state index contributed by atoms with van der Waals surface area (Å²) in [6.45, 7) is 6.42. The first kappa shape index (κ1) is 28.9. The van der Waals surface area contributed by atoms with Crippen molar-refractivity contribution in [3.63, 3.8) is 0 Å². The number of nitrogens with one attached hydrogen (secondary N) is 2. The van der Waals surface area contributed by atoms with Crippen LogP contribution in [-0.4, -0.2) is 70.8 Å². The van der Waals surface area contributed by atoms with Crippen molar-refractivity contribution in [2.75, 3.05) is 12.4 Å². The number of carbonyl (C=O) groups is 4. The summed E-state index contributed by atoms with van der Waals surface area (Å²) < 4.78 is 31.1. The number of hydrogen-bond acceptors (Lipinski definition) is 10. The summed E-state index contributed by atoms with van der Waals surface area (Å²) in [7, 11) is -3.18. The number of carboxylic acid groups (broad SMARTS) is 1. The number of ether oxygens (including phenoxy) is 1. The molecule has 1 heterocycles. The molecule has 0 unspecified atom stereocenters. The number of sulfonamides is 1. The fourth-order valence-electron chi connectivity index (χ4n) is 2.40. The number of anilines is 1. The maximum absolute atomic E-state index is 12.4. The Morgan fingerprint density at radius 1 is 1.06 bits per heavy atom. The van der Waals surface area contributed by atoms with Gasteiger partial charge in [0.25, 0.3) is 10.0 Å². The van der Waals surface area contributed by atoms with E-state index in [0.717, 1.165) is 7.11 Å². The number of aliphatic carboxylic acids is 1. The lowest BCUT2D eigenvalue weighted by Gasteiger charge is -2.15. The SMILES string of the molecule is CC(C)N(O)C(=O)C(=O)O.COC(=O)c1ccccc1S(=O)(=O)NC(=O)Nc1nc(C)cc(C)n1. The van der Waals surface area contributed by atoms with Crippen LogP contribution in [0.15, 0.2) is 35.2 Å². The molecule has 14 nitrogen and oxygen atoms in total. The summed E-state index contributed by atoms with van der Waals surface area (Å²) in [6, 6.07) is 5.52. The lowest BCUT2D eigenvalue weighted by Crippen LogP contribution is -2.38. The third kappa shape index (κ3) is 8.63. The van der Waals surface area contributed by atoms with Crippen LogP contribution in [-0.2, 0) is 24.3 Å². The van der Waals surface area contributed by atoms with Crippen molar-refractivity contribution in [2.24, 2.45) is 0 Å². The summed E-state index contributed by atoms with van der Waals surface area (Å²) in [6.07, 6.45) is 0. The molecule has 190 valence electrons. The molecule has 0 aliphatic heterocycles. The van der Waals surface area contributed by atoms with Crippen molar-refractivity contribution in [3.8, 4) is 0 Å². The van der Waals surface area contributed by atoms with Crippen molar-refractivity contribution in [2.45, 2.75) is 38.6 Å². The van der Waals surface area contributed by atoms with E-state index >= 15 is 0 Å². The van der Waals surface area contributed by atoms with Gasteiger partial charge in [0.05, 0.1) is 18.7 Å². The van der Waals surface area contributed by atoms with Gasteiger partial charge in [0, 0.05) is 11.4 Å². The van der Waals surface area contributed by atoms with Crippen LogP contribution in [0.25, 0.3) is 0 Å². The number of rotatable bonds is 5. The van der Waals surface area contributed by atoms with Crippen LogP contribution >= 0.6 is 0 Å². The van der Waals surface area contributed by atoms with Crippen molar-refractivity contribution < 1.29 is 42.6 Å². The van der Waals surface area contributed by atoms with Gasteiger partial charge in [-0.25, -0.2) is 42.6 Å². The Balaban J connectivity index is 0.000000518. The molecule has 3 amide bonds. The molecule has 0 fully saturated rings. The first-order valence-electron chi connectivity index (χ1n) is 9.78. The molecule has 35 heavy (non-hydrogen) atoms. The van der Waals surface area contributed by atoms with E-state index < -0.39 is 39.9 Å². The van der Waals surface area contributed by atoms with Crippen LogP contribution in [0, 0.1) is 13.8 Å². The normalized spacial score (nSPS) is 10.5. The zero-order valence-corrected chi connectivity index (χ0v) is 20.3. The molecular formula is C20H25N5O9S. The van der Waals surface area contributed by atoms with E-state index in [1.165, 1.54) is 38.1 Å². The number of benzene rings is 1. The zero-order valence-electron chi connectivity index (χ0n) is 19.5. The number of carboxylic acids is 1. The quantitative estimate of drug-likeness (QED) is 0.193. The van der Waals surface area contributed by atoms with E-state index in [1.807, 2.05) is 4.72 Å². The predicted molar refractivity (Wildman–Crippen MR) is 120 cm³/mol. The van der Waals surface area contributed by atoms with Crippen LogP contribution in [0.2, 0.25) is 0 Å². The fourth-order valence-corrected chi connectivity index (χ4v) is 3.50. The van der Waals surface area contributed by atoms with Crippen LogP contribution in [0.4, 0.5) is 10.7 Å². The number of esters is 1. The Hall–Kier alpha value is -4.11. The second kappa shape index (κ2) is 12.4. The highest BCUT2D eigenvalue weighted by Gasteiger charge is 2.25. The van der Waals surface area contributed by atoms with Crippen molar-refractivity contribution in [1.82, 2.24) is 19.8 Å². The largest absolute Gasteiger partial charge is 0.474 e. The summed E-state index contributed by atoms with van der Waals surface area (Å²) in [5, 5.41) is 19.1. The molecule has 0 radical (unpaired) electrons. The molecule has 15 heteroatoms. The minimum absolute atomic E-state index is 0.0357. The van der Waals surface area contributed by atoms with E-state index in [-0.39, 0.29) is 21.5 Å². The number of methoxy groups -OCH3 is 1. The standard InChI is InChI=1S/C15H16N4O5S.C5H9NO4/c1-9-8-10(2)17-14(16-9)18-15(21)19-25(22,23)12-7-5-4-6-11(12)13(20)24-3;1-3(2)6(10)4(7)5(8)9/h4-8H,1-3H3,(H2,16,17,18,19,21);3,10H,1-2H3,(H,8,9). The maximum atomic E-state index is 12.4. The average Bonchev–Trinajstić information content (AvgIpc) is 2.76. The third-order valence-corrected chi connectivity index (χ3v) is 5.29. The Morgan fingerprint density at radius 3 is 2.06 bits per heavy atom. The number of nitrogens with zero attached hydrogens (tertiary/aromatic N) is 3.